The summed E-state index contributed by atoms with van der Waals surface area (Å²) in [6, 6.07) is 22.8. The van der Waals surface area contributed by atoms with Crippen molar-refractivity contribution in [1.29, 1.82) is 0 Å². The maximum Gasteiger partial charge on any atom is 0.264 e. The molecular formula is C32H41N3O4S. The summed E-state index contributed by atoms with van der Waals surface area (Å²) in [5.74, 6) is -0.677. The van der Waals surface area contributed by atoms with Crippen molar-refractivity contribution < 1.29 is 18.0 Å². The first-order valence-corrected chi connectivity index (χ1v) is 15.3. The Balaban J connectivity index is 2.05. The number of rotatable bonds is 13. The molecule has 7 nitrogen and oxygen atoms in total. The van der Waals surface area contributed by atoms with Crippen LogP contribution in [0.5, 0.6) is 0 Å². The van der Waals surface area contributed by atoms with Crippen molar-refractivity contribution in [2.45, 2.75) is 70.9 Å². The molecular weight excluding hydrogens is 522 g/mol. The minimum atomic E-state index is -4.09. The van der Waals surface area contributed by atoms with E-state index in [1.807, 2.05) is 77.1 Å². The normalized spacial score (nSPS) is 12.2. The van der Waals surface area contributed by atoms with E-state index >= 15 is 0 Å². The summed E-state index contributed by atoms with van der Waals surface area (Å²) in [7, 11) is -4.09. The SMILES string of the molecule is CCc1ccccc1N(CC(=O)N(CCc1ccccc1)C(CC)C(=O)NC(C)C)S(=O)(=O)c1ccc(C)cc1. The van der Waals surface area contributed by atoms with Crippen LogP contribution in [0.25, 0.3) is 0 Å². The fraction of sp³-hybridized carbons (Fsp3) is 0.375. The Morgan fingerprint density at radius 2 is 1.50 bits per heavy atom. The van der Waals surface area contributed by atoms with Crippen molar-refractivity contribution >= 4 is 27.5 Å². The number of nitrogens with zero attached hydrogens (tertiary/aromatic N) is 2. The van der Waals surface area contributed by atoms with Gasteiger partial charge in [0.15, 0.2) is 0 Å². The van der Waals surface area contributed by atoms with Crippen molar-refractivity contribution in [3.05, 3.63) is 95.6 Å². The maximum absolute atomic E-state index is 14.1. The summed E-state index contributed by atoms with van der Waals surface area (Å²) in [5, 5.41) is 2.93. The Kier molecular flexibility index (Phi) is 10.9. The second-order valence-electron chi connectivity index (χ2n) is 10.2. The van der Waals surface area contributed by atoms with E-state index in [1.165, 1.54) is 9.21 Å². The first-order chi connectivity index (χ1) is 19.1. The summed E-state index contributed by atoms with van der Waals surface area (Å²) < 4.78 is 29.3. The van der Waals surface area contributed by atoms with Gasteiger partial charge in [-0.15, -0.1) is 0 Å². The molecule has 0 heterocycles. The number of aryl methyl sites for hydroxylation is 2. The molecule has 0 bridgehead atoms. The number of carbonyl (C=O) groups is 2. The van der Waals surface area contributed by atoms with Crippen LogP contribution in [-0.2, 0) is 32.5 Å². The second kappa shape index (κ2) is 14.1. The average Bonchev–Trinajstić information content (AvgIpc) is 2.94. The van der Waals surface area contributed by atoms with E-state index in [0.717, 1.165) is 16.7 Å². The number of amides is 2. The molecule has 0 aromatic heterocycles. The number of hydrogen-bond acceptors (Lipinski definition) is 4. The van der Waals surface area contributed by atoms with Gasteiger partial charge in [0.2, 0.25) is 11.8 Å². The van der Waals surface area contributed by atoms with Crippen molar-refractivity contribution in [3.8, 4) is 0 Å². The van der Waals surface area contributed by atoms with E-state index in [4.69, 9.17) is 0 Å². The topological polar surface area (TPSA) is 86.8 Å². The van der Waals surface area contributed by atoms with Crippen LogP contribution in [-0.4, -0.2) is 50.3 Å². The first-order valence-electron chi connectivity index (χ1n) is 13.9. The van der Waals surface area contributed by atoms with E-state index in [2.05, 4.69) is 5.32 Å². The summed E-state index contributed by atoms with van der Waals surface area (Å²) in [5.41, 5.74) is 3.23. The Morgan fingerprint density at radius 3 is 2.10 bits per heavy atom. The Bertz CT molecular complexity index is 1370. The highest BCUT2D eigenvalue weighted by atomic mass is 32.2. The fourth-order valence-electron chi connectivity index (χ4n) is 4.68. The largest absolute Gasteiger partial charge is 0.352 e. The zero-order valence-electron chi connectivity index (χ0n) is 24.1. The van der Waals surface area contributed by atoms with Crippen LogP contribution in [0.15, 0.2) is 83.8 Å². The minimum absolute atomic E-state index is 0.0949. The van der Waals surface area contributed by atoms with E-state index < -0.39 is 28.5 Å². The van der Waals surface area contributed by atoms with Gasteiger partial charge < -0.3 is 10.2 Å². The van der Waals surface area contributed by atoms with E-state index in [0.29, 0.717) is 24.9 Å². The third-order valence-corrected chi connectivity index (χ3v) is 8.60. The number of anilines is 1. The average molecular weight is 564 g/mol. The van der Waals surface area contributed by atoms with Gasteiger partial charge in [-0.2, -0.15) is 0 Å². The third-order valence-electron chi connectivity index (χ3n) is 6.83. The molecule has 3 rings (SSSR count). The van der Waals surface area contributed by atoms with Crippen LogP contribution >= 0.6 is 0 Å². The molecule has 0 aliphatic carbocycles. The highest BCUT2D eigenvalue weighted by Gasteiger charge is 2.34. The summed E-state index contributed by atoms with van der Waals surface area (Å²) in [4.78, 5) is 29.0. The van der Waals surface area contributed by atoms with Gasteiger partial charge in [0.1, 0.15) is 12.6 Å². The van der Waals surface area contributed by atoms with Gasteiger partial charge in [0.05, 0.1) is 10.6 Å². The van der Waals surface area contributed by atoms with Crippen LogP contribution in [0.4, 0.5) is 5.69 Å². The molecule has 0 radical (unpaired) electrons. The monoisotopic (exact) mass is 563 g/mol. The van der Waals surface area contributed by atoms with Crippen molar-refractivity contribution in [3.63, 3.8) is 0 Å². The quantitative estimate of drug-likeness (QED) is 0.313. The van der Waals surface area contributed by atoms with Gasteiger partial charge in [-0.3, -0.25) is 13.9 Å². The number of benzene rings is 3. The van der Waals surface area contributed by atoms with Crippen molar-refractivity contribution in [1.82, 2.24) is 10.2 Å². The zero-order chi connectivity index (χ0) is 29.3. The predicted octanol–water partition coefficient (Wildman–Crippen LogP) is 5.13. The first kappa shape index (κ1) is 30.9. The molecule has 0 spiro atoms. The number of carbonyl (C=O) groups excluding carboxylic acids is 2. The van der Waals surface area contributed by atoms with E-state index in [9.17, 15) is 18.0 Å². The summed E-state index contributed by atoms with van der Waals surface area (Å²) in [6.45, 7) is 9.31. The minimum Gasteiger partial charge on any atom is -0.352 e. The van der Waals surface area contributed by atoms with Gasteiger partial charge in [0, 0.05) is 12.6 Å². The van der Waals surface area contributed by atoms with Crippen LogP contribution in [0, 0.1) is 6.92 Å². The van der Waals surface area contributed by atoms with Gasteiger partial charge >= 0.3 is 0 Å². The molecule has 2 amide bonds. The number of para-hydroxylation sites is 1. The van der Waals surface area contributed by atoms with Gasteiger partial charge in [-0.25, -0.2) is 8.42 Å². The van der Waals surface area contributed by atoms with Crippen LogP contribution < -0.4 is 9.62 Å². The van der Waals surface area contributed by atoms with Crippen LogP contribution in [0.2, 0.25) is 0 Å². The van der Waals surface area contributed by atoms with Gasteiger partial charge in [-0.05, 0) is 69.4 Å². The number of nitrogens with one attached hydrogen (secondary N) is 1. The highest BCUT2D eigenvalue weighted by molar-refractivity contribution is 7.92. The number of hydrogen-bond donors (Lipinski definition) is 1. The molecule has 40 heavy (non-hydrogen) atoms. The van der Waals surface area contributed by atoms with E-state index in [-0.39, 0.29) is 23.4 Å². The molecule has 214 valence electrons. The Hall–Kier alpha value is -3.65. The lowest BCUT2D eigenvalue weighted by molar-refractivity contribution is -0.139. The van der Waals surface area contributed by atoms with Crippen LogP contribution in [0.3, 0.4) is 0 Å². The van der Waals surface area contributed by atoms with Gasteiger partial charge in [0.25, 0.3) is 10.0 Å². The molecule has 8 heteroatoms. The summed E-state index contributed by atoms with van der Waals surface area (Å²) >= 11 is 0. The molecule has 1 unspecified atom stereocenters. The predicted molar refractivity (Wildman–Crippen MR) is 161 cm³/mol. The third kappa shape index (κ3) is 7.72. The molecule has 0 saturated carbocycles. The Labute approximate surface area is 239 Å². The molecule has 1 atom stereocenters. The zero-order valence-corrected chi connectivity index (χ0v) is 24.9. The molecule has 1 N–H and O–H groups in total. The van der Waals surface area contributed by atoms with E-state index in [1.54, 1.807) is 36.4 Å². The fourth-order valence-corrected chi connectivity index (χ4v) is 6.13. The van der Waals surface area contributed by atoms with Crippen molar-refractivity contribution in [2.24, 2.45) is 0 Å². The number of sulfonamides is 1. The molecule has 0 aliphatic rings. The highest BCUT2D eigenvalue weighted by Crippen LogP contribution is 2.28. The maximum atomic E-state index is 14.1. The molecule has 3 aromatic rings. The lowest BCUT2D eigenvalue weighted by Crippen LogP contribution is -2.54. The molecule has 3 aromatic carbocycles. The smallest absolute Gasteiger partial charge is 0.264 e. The van der Waals surface area contributed by atoms with Crippen molar-refractivity contribution in [2.75, 3.05) is 17.4 Å². The summed E-state index contributed by atoms with van der Waals surface area (Å²) in [6.07, 6.45) is 1.53. The lowest BCUT2D eigenvalue weighted by atomic mass is 10.1. The molecule has 0 saturated heterocycles. The standard InChI is InChI=1S/C32H41N3O4S/c1-6-27-15-11-12-16-30(27)35(40(38,39)28-19-17-25(5)18-20-28)23-31(36)34(22-21-26-13-9-8-10-14-26)29(7-2)32(37)33-24(3)4/h8-20,24,29H,6-7,21-23H2,1-5H3,(H,33,37). The molecule has 0 fully saturated rings. The molecule has 0 aliphatic heterocycles. The van der Waals surface area contributed by atoms with Crippen LogP contribution in [0.1, 0.15) is 50.8 Å². The Morgan fingerprint density at radius 1 is 0.875 bits per heavy atom. The second-order valence-corrected chi connectivity index (χ2v) is 12.1. The van der Waals surface area contributed by atoms with Gasteiger partial charge in [-0.1, -0.05) is 80.1 Å². The lowest BCUT2D eigenvalue weighted by Gasteiger charge is -2.34.